The van der Waals surface area contributed by atoms with Crippen LogP contribution in [0.5, 0.6) is 0 Å². The molecule has 1 fully saturated rings. The van der Waals surface area contributed by atoms with Crippen LogP contribution in [-0.2, 0) is 0 Å². The molecule has 2 rings (SSSR count). The Morgan fingerprint density at radius 2 is 2.33 bits per heavy atom. The van der Waals surface area contributed by atoms with Crippen molar-refractivity contribution < 1.29 is 9.90 Å². The topological polar surface area (TPSA) is 53.4 Å². The summed E-state index contributed by atoms with van der Waals surface area (Å²) in [6.07, 6.45) is 1.46. The van der Waals surface area contributed by atoms with Crippen molar-refractivity contribution in [3.05, 3.63) is 29.0 Å². The molecule has 1 saturated heterocycles. The summed E-state index contributed by atoms with van der Waals surface area (Å²) in [6, 6.07) is 3.25. The summed E-state index contributed by atoms with van der Waals surface area (Å²) in [6.45, 7) is 1.36. The van der Waals surface area contributed by atoms with Crippen LogP contribution in [0.2, 0.25) is 5.02 Å². The van der Waals surface area contributed by atoms with E-state index in [0.717, 1.165) is 0 Å². The van der Waals surface area contributed by atoms with Gasteiger partial charge in [0, 0.05) is 31.8 Å². The molecule has 0 radical (unpaired) electrons. The number of hydrogen-bond acceptors (Lipinski definition) is 3. The van der Waals surface area contributed by atoms with Crippen molar-refractivity contribution in [3.8, 4) is 0 Å². The van der Waals surface area contributed by atoms with Gasteiger partial charge in [-0.1, -0.05) is 11.6 Å². The normalized spacial score (nSPS) is 16.3. The smallest absolute Gasteiger partial charge is 0.272 e. The van der Waals surface area contributed by atoms with E-state index >= 15 is 0 Å². The Labute approximate surface area is 92.5 Å². The van der Waals surface area contributed by atoms with Gasteiger partial charge in [-0.15, -0.1) is 0 Å². The van der Waals surface area contributed by atoms with Crippen molar-refractivity contribution in [1.29, 1.82) is 0 Å². The van der Waals surface area contributed by atoms with E-state index in [1.807, 2.05) is 0 Å². The van der Waals surface area contributed by atoms with Crippen molar-refractivity contribution in [2.75, 3.05) is 19.7 Å². The number of pyridine rings is 1. The van der Waals surface area contributed by atoms with Gasteiger partial charge in [0.25, 0.3) is 5.91 Å². The van der Waals surface area contributed by atoms with E-state index in [1.165, 1.54) is 6.20 Å². The van der Waals surface area contributed by atoms with E-state index in [2.05, 4.69) is 4.98 Å². The van der Waals surface area contributed by atoms with E-state index in [0.29, 0.717) is 23.8 Å². The fraction of sp³-hybridized carbons (Fsp3) is 0.400. The summed E-state index contributed by atoms with van der Waals surface area (Å²) in [5, 5.41) is 9.34. The second-order valence-corrected chi connectivity index (χ2v) is 4.06. The zero-order valence-corrected chi connectivity index (χ0v) is 8.81. The van der Waals surface area contributed by atoms with E-state index in [1.54, 1.807) is 17.0 Å². The average molecular weight is 227 g/mol. The molecule has 15 heavy (non-hydrogen) atoms. The van der Waals surface area contributed by atoms with Gasteiger partial charge in [-0.3, -0.25) is 4.79 Å². The van der Waals surface area contributed by atoms with Crippen molar-refractivity contribution >= 4 is 17.5 Å². The standard InChI is InChI=1S/C10H11ClN2O2/c11-8-1-2-9(12-3-8)10(15)13-4-7(5-13)6-14/h1-3,7,14H,4-6H2. The summed E-state index contributed by atoms with van der Waals surface area (Å²) in [4.78, 5) is 17.3. The monoisotopic (exact) mass is 226 g/mol. The second-order valence-electron chi connectivity index (χ2n) is 3.62. The van der Waals surface area contributed by atoms with Crippen LogP contribution >= 0.6 is 11.6 Å². The predicted octanol–water partition coefficient (Wildman–Crippen LogP) is 0.799. The summed E-state index contributed by atoms with van der Waals surface area (Å²) >= 11 is 5.67. The van der Waals surface area contributed by atoms with Crippen molar-refractivity contribution in [2.45, 2.75) is 0 Å². The lowest BCUT2D eigenvalue weighted by molar-refractivity contribution is 0.0356. The van der Waals surface area contributed by atoms with E-state index < -0.39 is 0 Å². The highest BCUT2D eigenvalue weighted by Gasteiger charge is 2.30. The Bertz CT molecular complexity index is 360. The molecule has 0 spiro atoms. The molecule has 5 heteroatoms. The number of likely N-dealkylation sites (tertiary alicyclic amines) is 1. The number of aromatic nitrogens is 1. The van der Waals surface area contributed by atoms with Crippen LogP contribution in [0.3, 0.4) is 0 Å². The van der Waals surface area contributed by atoms with Crippen LogP contribution in [-0.4, -0.2) is 40.6 Å². The van der Waals surface area contributed by atoms with Crippen LogP contribution in [0, 0.1) is 5.92 Å². The van der Waals surface area contributed by atoms with Crippen molar-refractivity contribution in [2.24, 2.45) is 5.92 Å². The first-order chi connectivity index (χ1) is 7.20. The number of amides is 1. The molecule has 0 aliphatic carbocycles. The molecule has 1 aliphatic rings. The highest BCUT2D eigenvalue weighted by molar-refractivity contribution is 6.30. The lowest BCUT2D eigenvalue weighted by Crippen LogP contribution is -2.51. The maximum Gasteiger partial charge on any atom is 0.272 e. The molecule has 1 aliphatic heterocycles. The maximum atomic E-state index is 11.7. The maximum absolute atomic E-state index is 11.7. The number of rotatable bonds is 2. The van der Waals surface area contributed by atoms with Crippen LogP contribution in [0.1, 0.15) is 10.5 Å². The van der Waals surface area contributed by atoms with E-state index in [9.17, 15) is 4.79 Å². The van der Waals surface area contributed by atoms with Crippen molar-refractivity contribution in [1.82, 2.24) is 9.88 Å². The fourth-order valence-electron chi connectivity index (χ4n) is 1.52. The molecule has 0 aromatic carbocycles. The Balaban J connectivity index is 2.00. The first-order valence-corrected chi connectivity index (χ1v) is 5.10. The highest BCUT2D eigenvalue weighted by atomic mass is 35.5. The fourth-order valence-corrected chi connectivity index (χ4v) is 1.63. The Kier molecular flexibility index (Phi) is 2.88. The average Bonchev–Trinajstić information content (AvgIpc) is 2.17. The Morgan fingerprint density at radius 1 is 1.60 bits per heavy atom. The molecule has 0 saturated carbocycles. The number of aliphatic hydroxyl groups is 1. The molecule has 0 unspecified atom stereocenters. The van der Waals surface area contributed by atoms with Crippen LogP contribution in [0.4, 0.5) is 0 Å². The van der Waals surface area contributed by atoms with Gasteiger partial charge < -0.3 is 10.0 Å². The van der Waals surface area contributed by atoms with Gasteiger partial charge >= 0.3 is 0 Å². The van der Waals surface area contributed by atoms with Crippen LogP contribution in [0.25, 0.3) is 0 Å². The highest BCUT2D eigenvalue weighted by Crippen LogP contribution is 2.17. The third-order valence-electron chi connectivity index (χ3n) is 2.45. The predicted molar refractivity (Wildman–Crippen MR) is 55.7 cm³/mol. The first kappa shape index (κ1) is 10.4. The molecular formula is C10H11ClN2O2. The quantitative estimate of drug-likeness (QED) is 0.812. The molecule has 1 amide bonds. The number of hydrogen-bond donors (Lipinski definition) is 1. The Morgan fingerprint density at radius 3 is 2.87 bits per heavy atom. The van der Waals surface area contributed by atoms with Gasteiger partial charge in [-0.25, -0.2) is 4.98 Å². The van der Waals surface area contributed by atoms with Gasteiger partial charge in [0.2, 0.25) is 0 Å². The van der Waals surface area contributed by atoms with Gasteiger partial charge in [-0.2, -0.15) is 0 Å². The third-order valence-corrected chi connectivity index (χ3v) is 2.67. The Hall–Kier alpha value is -1.13. The summed E-state index contributed by atoms with van der Waals surface area (Å²) in [7, 11) is 0. The summed E-state index contributed by atoms with van der Waals surface area (Å²) in [5.41, 5.74) is 0.399. The molecule has 0 bridgehead atoms. The number of carbonyl (C=O) groups is 1. The number of halogens is 1. The SMILES string of the molecule is O=C(c1ccc(Cl)cn1)N1CC(CO)C1. The van der Waals surface area contributed by atoms with Gasteiger partial charge in [0.05, 0.1) is 5.02 Å². The van der Waals surface area contributed by atoms with Gasteiger partial charge in [0.1, 0.15) is 5.69 Å². The van der Waals surface area contributed by atoms with E-state index in [-0.39, 0.29) is 18.4 Å². The van der Waals surface area contributed by atoms with Gasteiger partial charge in [0.15, 0.2) is 0 Å². The number of nitrogens with zero attached hydrogens (tertiary/aromatic N) is 2. The summed E-state index contributed by atoms with van der Waals surface area (Å²) in [5.74, 6) is 0.123. The third kappa shape index (κ3) is 2.11. The molecule has 1 aromatic heterocycles. The first-order valence-electron chi connectivity index (χ1n) is 4.72. The zero-order chi connectivity index (χ0) is 10.8. The largest absolute Gasteiger partial charge is 0.396 e. The molecule has 4 nitrogen and oxygen atoms in total. The van der Waals surface area contributed by atoms with Crippen LogP contribution in [0.15, 0.2) is 18.3 Å². The number of aliphatic hydroxyl groups excluding tert-OH is 1. The van der Waals surface area contributed by atoms with E-state index in [4.69, 9.17) is 16.7 Å². The lowest BCUT2D eigenvalue weighted by atomic mass is 10.0. The second kappa shape index (κ2) is 4.16. The minimum Gasteiger partial charge on any atom is -0.396 e. The number of carbonyl (C=O) groups excluding carboxylic acids is 1. The van der Waals surface area contributed by atoms with Crippen molar-refractivity contribution in [3.63, 3.8) is 0 Å². The summed E-state index contributed by atoms with van der Waals surface area (Å²) < 4.78 is 0. The minimum absolute atomic E-state index is 0.101. The molecule has 1 aromatic rings. The molecule has 1 N–H and O–H groups in total. The molecule has 0 atom stereocenters. The minimum atomic E-state index is -0.101. The molecular weight excluding hydrogens is 216 g/mol. The molecule has 2 heterocycles. The van der Waals surface area contributed by atoms with Gasteiger partial charge in [-0.05, 0) is 12.1 Å². The zero-order valence-electron chi connectivity index (χ0n) is 8.06. The lowest BCUT2D eigenvalue weighted by Gasteiger charge is -2.37. The molecule has 80 valence electrons. The van der Waals surface area contributed by atoms with Crippen LogP contribution < -0.4 is 0 Å².